The third-order valence-corrected chi connectivity index (χ3v) is 6.75. The SMILES string of the molecule is CCOc1cccc2cc(-c3nnc(NC(=O)CCCS(=O)(=O)c4ccc(Cl)cc4)o3)oc12. The molecule has 4 rings (SSSR count). The first-order chi connectivity index (χ1) is 15.9. The normalized spacial score (nSPS) is 11.6. The lowest BCUT2D eigenvalue weighted by atomic mass is 10.2. The molecule has 172 valence electrons. The highest BCUT2D eigenvalue weighted by Crippen LogP contribution is 2.33. The van der Waals surface area contributed by atoms with E-state index in [0.29, 0.717) is 28.7 Å². The van der Waals surface area contributed by atoms with Crippen molar-refractivity contribution in [1.82, 2.24) is 10.2 Å². The van der Waals surface area contributed by atoms with Gasteiger partial charge in [0.25, 0.3) is 5.89 Å². The van der Waals surface area contributed by atoms with Crippen LogP contribution in [0.2, 0.25) is 5.02 Å². The van der Waals surface area contributed by atoms with Crippen molar-refractivity contribution in [2.45, 2.75) is 24.7 Å². The van der Waals surface area contributed by atoms with Crippen LogP contribution in [0.5, 0.6) is 5.75 Å². The predicted octanol–water partition coefficient (Wildman–Crippen LogP) is 4.73. The second-order valence-corrected chi connectivity index (χ2v) is 9.60. The first-order valence-corrected chi connectivity index (χ1v) is 12.2. The molecule has 0 unspecified atom stereocenters. The van der Waals surface area contributed by atoms with Gasteiger partial charge in [0.05, 0.1) is 17.3 Å². The Bertz CT molecular complexity index is 1380. The lowest BCUT2D eigenvalue weighted by Crippen LogP contribution is -2.14. The van der Waals surface area contributed by atoms with Crippen LogP contribution in [0, 0.1) is 0 Å². The number of carbonyl (C=O) groups excluding carboxylic acids is 1. The molecular formula is C22H20ClN3O6S. The van der Waals surface area contributed by atoms with Crippen molar-refractivity contribution in [3.05, 3.63) is 53.6 Å². The highest BCUT2D eigenvalue weighted by Gasteiger charge is 2.18. The summed E-state index contributed by atoms with van der Waals surface area (Å²) < 4.78 is 41.5. The Kier molecular flexibility index (Phi) is 6.66. The summed E-state index contributed by atoms with van der Waals surface area (Å²) in [6.45, 7) is 2.37. The molecule has 4 aromatic rings. The predicted molar refractivity (Wildman–Crippen MR) is 122 cm³/mol. The Morgan fingerprint density at radius 2 is 1.91 bits per heavy atom. The first kappa shape index (κ1) is 22.8. The number of halogens is 1. The third kappa shape index (κ3) is 5.35. The van der Waals surface area contributed by atoms with E-state index in [0.717, 1.165) is 5.39 Å². The highest BCUT2D eigenvalue weighted by atomic mass is 35.5. The minimum Gasteiger partial charge on any atom is -0.490 e. The van der Waals surface area contributed by atoms with Gasteiger partial charge < -0.3 is 13.6 Å². The van der Waals surface area contributed by atoms with Gasteiger partial charge in [0.15, 0.2) is 26.9 Å². The van der Waals surface area contributed by atoms with Gasteiger partial charge in [-0.25, -0.2) is 8.42 Å². The number of sulfone groups is 1. The number of nitrogens with zero attached hydrogens (tertiary/aromatic N) is 2. The van der Waals surface area contributed by atoms with E-state index >= 15 is 0 Å². The summed E-state index contributed by atoms with van der Waals surface area (Å²) >= 11 is 5.79. The second kappa shape index (κ2) is 9.63. The maximum Gasteiger partial charge on any atom is 0.322 e. The Morgan fingerprint density at radius 1 is 1.12 bits per heavy atom. The van der Waals surface area contributed by atoms with Crippen molar-refractivity contribution in [1.29, 1.82) is 0 Å². The molecule has 2 heterocycles. The van der Waals surface area contributed by atoms with Crippen molar-refractivity contribution in [2.75, 3.05) is 17.7 Å². The molecule has 0 radical (unpaired) electrons. The molecule has 0 aliphatic rings. The summed E-state index contributed by atoms with van der Waals surface area (Å²) in [5.74, 6) is 0.397. The Balaban J connectivity index is 1.36. The molecule has 0 saturated carbocycles. The average Bonchev–Trinajstić information content (AvgIpc) is 3.41. The molecule has 33 heavy (non-hydrogen) atoms. The van der Waals surface area contributed by atoms with E-state index in [-0.39, 0.29) is 35.4 Å². The topological polar surface area (TPSA) is 125 Å². The standard InChI is InChI=1S/C22H20ClN3O6S/c1-2-30-17-6-3-5-14-13-18(31-20(14)17)21-25-26-22(32-21)24-19(27)7-4-12-33(28,29)16-10-8-15(23)9-11-16/h3,5-6,8-11,13H,2,4,7,12H2,1H3,(H,24,26,27). The number of amides is 1. The van der Waals surface area contributed by atoms with Gasteiger partial charge in [-0.2, -0.15) is 0 Å². The summed E-state index contributed by atoms with van der Waals surface area (Å²) in [5.41, 5.74) is 0.556. The van der Waals surface area contributed by atoms with E-state index in [1.165, 1.54) is 24.3 Å². The molecule has 0 aliphatic heterocycles. The van der Waals surface area contributed by atoms with E-state index in [1.807, 2.05) is 19.1 Å². The largest absolute Gasteiger partial charge is 0.490 e. The van der Waals surface area contributed by atoms with Gasteiger partial charge in [-0.3, -0.25) is 10.1 Å². The van der Waals surface area contributed by atoms with E-state index in [2.05, 4.69) is 15.5 Å². The molecule has 0 spiro atoms. The maximum absolute atomic E-state index is 12.3. The molecule has 0 aliphatic carbocycles. The van der Waals surface area contributed by atoms with E-state index in [9.17, 15) is 13.2 Å². The monoisotopic (exact) mass is 489 g/mol. The smallest absolute Gasteiger partial charge is 0.322 e. The average molecular weight is 490 g/mol. The van der Waals surface area contributed by atoms with Crippen LogP contribution in [-0.4, -0.2) is 36.9 Å². The minimum absolute atomic E-state index is 0.0348. The minimum atomic E-state index is -3.51. The first-order valence-electron chi connectivity index (χ1n) is 10.1. The number of benzene rings is 2. The van der Waals surface area contributed by atoms with Crippen LogP contribution in [0.1, 0.15) is 19.8 Å². The third-order valence-electron chi connectivity index (χ3n) is 4.68. The van der Waals surface area contributed by atoms with Gasteiger partial charge in [0.1, 0.15) is 0 Å². The zero-order valence-electron chi connectivity index (χ0n) is 17.6. The van der Waals surface area contributed by atoms with Gasteiger partial charge in [0, 0.05) is 16.8 Å². The van der Waals surface area contributed by atoms with Crippen molar-refractivity contribution >= 4 is 44.3 Å². The molecule has 11 heteroatoms. The van der Waals surface area contributed by atoms with E-state index in [1.54, 1.807) is 12.1 Å². The van der Waals surface area contributed by atoms with Crippen molar-refractivity contribution in [2.24, 2.45) is 0 Å². The molecule has 9 nitrogen and oxygen atoms in total. The zero-order valence-corrected chi connectivity index (χ0v) is 19.1. The molecule has 0 saturated heterocycles. The van der Waals surface area contributed by atoms with Crippen molar-refractivity contribution in [3.63, 3.8) is 0 Å². The van der Waals surface area contributed by atoms with Gasteiger partial charge in [0.2, 0.25) is 5.91 Å². The van der Waals surface area contributed by atoms with Crippen LogP contribution in [0.4, 0.5) is 6.01 Å². The molecule has 1 amide bonds. The fourth-order valence-corrected chi connectivity index (χ4v) is 4.59. The number of hydrogen-bond acceptors (Lipinski definition) is 8. The van der Waals surface area contributed by atoms with Gasteiger partial charge in [-0.1, -0.05) is 28.8 Å². The number of furan rings is 1. The molecule has 0 fully saturated rings. The summed E-state index contributed by atoms with van der Waals surface area (Å²) in [6.07, 6.45) is 0.0917. The molecule has 0 atom stereocenters. The van der Waals surface area contributed by atoms with Gasteiger partial charge in [-0.05, 0) is 49.7 Å². The lowest BCUT2D eigenvalue weighted by molar-refractivity contribution is -0.116. The van der Waals surface area contributed by atoms with Gasteiger partial charge in [-0.15, -0.1) is 5.10 Å². The van der Waals surface area contributed by atoms with Crippen LogP contribution in [0.3, 0.4) is 0 Å². The number of ether oxygens (including phenoxy) is 1. The summed E-state index contributed by atoms with van der Waals surface area (Å²) in [7, 11) is -3.51. The van der Waals surface area contributed by atoms with Crippen molar-refractivity contribution in [3.8, 4) is 17.4 Å². The van der Waals surface area contributed by atoms with E-state index < -0.39 is 15.7 Å². The Labute approximate surface area is 194 Å². The van der Waals surface area contributed by atoms with Crippen LogP contribution in [0.25, 0.3) is 22.6 Å². The summed E-state index contributed by atoms with van der Waals surface area (Å²) in [5, 5.41) is 11.4. The quantitative estimate of drug-likeness (QED) is 0.358. The fraction of sp³-hybridized carbons (Fsp3) is 0.227. The number of rotatable bonds is 9. The number of anilines is 1. The number of nitrogens with one attached hydrogen (secondary N) is 1. The highest BCUT2D eigenvalue weighted by molar-refractivity contribution is 7.91. The number of carbonyl (C=O) groups is 1. The van der Waals surface area contributed by atoms with Crippen molar-refractivity contribution < 1.29 is 26.8 Å². The van der Waals surface area contributed by atoms with Crippen LogP contribution in [-0.2, 0) is 14.6 Å². The summed E-state index contributed by atoms with van der Waals surface area (Å²) in [6, 6.07) is 13.0. The second-order valence-electron chi connectivity index (χ2n) is 7.06. The zero-order chi connectivity index (χ0) is 23.4. The van der Waals surface area contributed by atoms with E-state index in [4.69, 9.17) is 25.2 Å². The molecular weight excluding hydrogens is 470 g/mol. The fourth-order valence-electron chi connectivity index (χ4n) is 3.15. The molecule has 2 aromatic carbocycles. The number of hydrogen-bond donors (Lipinski definition) is 1. The van der Waals surface area contributed by atoms with Gasteiger partial charge >= 0.3 is 6.01 Å². The number of fused-ring (bicyclic) bond motifs is 1. The molecule has 1 N–H and O–H groups in total. The maximum atomic E-state index is 12.3. The Morgan fingerprint density at radius 3 is 2.67 bits per heavy atom. The lowest BCUT2D eigenvalue weighted by Gasteiger charge is -2.04. The van der Waals surface area contributed by atoms with Crippen LogP contribution in [0.15, 0.2) is 62.3 Å². The van der Waals surface area contributed by atoms with Crippen LogP contribution < -0.4 is 10.1 Å². The number of para-hydroxylation sites is 1. The van der Waals surface area contributed by atoms with Crippen LogP contribution >= 0.6 is 11.6 Å². The summed E-state index contributed by atoms with van der Waals surface area (Å²) in [4.78, 5) is 12.4. The Hall–Kier alpha value is -3.37. The number of aromatic nitrogens is 2. The molecule has 2 aromatic heterocycles. The molecule has 0 bridgehead atoms.